The van der Waals surface area contributed by atoms with Gasteiger partial charge in [-0.15, -0.1) is 0 Å². The number of pyridine rings is 1. The minimum Gasteiger partial charge on any atom is -0.496 e. The number of nitrogens with zero attached hydrogens (tertiary/aromatic N) is 1. The van der Waals surface area contributed by atoms with Crippen molar-refractivity contribution < 1.29 is 9.47 Å². The van der Waals surface area contributed by atoms with E-state index < -0.39 is 0 Å². The molecule has 0 amide bonds. The van der Waals surface area contributed by atoms with Gasteiger partial charge in [0.25, 0.3) is 0 Å². The van der Waals surface area contributed by atoms with Crippen molar-refractivity contribution in [2.24, 2.45) is 7.05 Å². The smallest absolute Gasteiger partial charge is 0.204 e. The molecule has 0 bridgehead atoms. The van der Waals surface area contributed by atoms with Gasteiger partial charge >= 0.3 is 0 Å². The second-order valence-corrected chi connectivity index (χ2v) is 4.60. The predicted molar refractivity (Wildman–Crippen MR) is 79.8 cm³/mol. The van der Waals surface area contributed by atoms with E-state index in [1.165, 1.54) is 0 Å². The summed E-state index contributed by atoms with van der Waals surface area (Å²) < 4.78 is 12.6. The lowest BCUT2D eigenvalue weighted by Gasteiger charge is -2.14. The largest absolute Gasteiger partial charge is 0.496 e. The third-order valence-electron chi connectivity index (χ3n) is 3.63. The fourth-order valence-corrected chi connectivity index (χ4v) is 2.65. The maximum Gasteiger partial charge on any atom is 0.204 e. The molecule has 0 N–H and O–H groups in total. The van der Waals surface area contributed by atoms with E-state index in [9.17, 15) is 4.79 Å². The highest BCUT2D eigenvalue weighted by Crippen LogP contribution is 2.29. The van der Waals surface area contributed by atoms with Gasteiger partial charge in [0.05, 0.1) is 36.0 Å². The zero-order chi connectivity index (χ0) is 14.3. The molecule has 0 aliphatic carbocycles. The Kier molecular flexibility index (Phi) is 2.86. The van der Waals surface area contributed by atoms with Crippen LogP contribution in [0.1, 0.15) is 0 Å². The molecule has 4 heteroatoms. The molecule has 2 aromatic carbocycles. The Balaban J connectivity index is 2.66. The Labute approximate surface area is 116 Å². The molecule has 20 heavy (non-hydrogen) atoms. The molecule has 0 spiro atoms. The topological polar surface area (TPSA) is 40.5 Å². The maximum absolute atomic E-state index is 12.8. The monoisotopic (exact) mass is 269 g/mol. The SMILES string of the molecule is COc1cccc2c1c(=O)c1c(OC)cccc1n2C. The molecule has 0 saturated carbocycles. The fourth-order valence-electron chi connectivity index (χ4n) is 2.65. The summed E-state index contributed by atoms with van der Waals surface area (Å²) in [7, 11) is 5.07. The van der Waals surface area contributed by atoms with Crippen LogP contribution in [0.15, 0.2) is 41.2 Å². The number of aryl methyl sites for hydroxylation is 1. The summed E-state index contributed by atoms with van der Waals surface area (Å²) in [6.45, 7) is 0. The van der Waals surface area contributed by atoms with Crippen LogP contribution in [0, 0.1) is 0 Å². The van der Waals surface area contributed by atoms with Crippen LogP contribution < -0.4 is 14.9 Å². The van der Waals surface area contributed by atoms with Gasteiger partial charge in [-0.3, -0.25) is 4.79 Å². The molecule has 3 rings (SSSR count). The Morgan fingerprint density at radius 3 is 1.70 bits per heavy atom. The number of hydrogen-bond donors (Lipinski definition) is 0. The van der Waals surface area contributed by atoms with Gasteiger partial charge in [0.1, 0.15) is 11.5 Å². The van der Waals surface area contributed by atoms with Crippen LogP contribution >= 0.6 is 0 Å². The second kappa shape index (κ2) is 4.56. The molecule has 0 radical (unpaired) electrons. The van der Waals surface area contributed by atoms with Gasteiger partial charge in [0.2, 0.25) is 5.43 Å². The highest BCUT2D eigenvalue weighted by molar-refractivity contribution is 5.99. The zero-order valence-electron chi connectivity index (χ0n) is 11.6. The third kappa shape index (κ3) is 1.58. The number of ether oxygens (including phenoxy) is 2. The van der Waals surface area contributed by atoms with Gasteiger partial charge in [-0.2, -0.15) is 0 Å². The first kappa shape index (κ1) is 12.5. The first-order valence-corrected chi connectivity index (χ1v) is 6.31. The summed E-state index contributed by atoms with van der Waals surface area (Å²) in [5.41, 5.74) is 1.62. The van der Waals surface area contributed by atoms with Crippen LogP contribution in [0.2, 0.25) is 0 Å². The van der Waals surface area contributed by atoms with Gasteiger partial charge in [0, 0.05) is 7.05 Å². The van der Waals surface area contributed by atoms with E-state index in [0.29, 0.717) is 22.3 Å². The normalized spacial score (nSPS) is 10.9. The maximum atomic E-state index is 12.8. The summed E-state index contributed by atoms with van der Waals surface area (Å²) in [4.78, 5) is 12.8. The van der Waals surface area contributed by atoms with Crippen LogP contribution in [-0.2, 0) is 7.05 Å². The molecule has 3 aromatic rings. The first-order valence-electron chi connectivity index (χ1n) is 6.31. The second-order valence-electron chi connectivity index (χ2n) is 4.60. The Bertz CT molecular complexity index is 797. The molecule has 1 aromatic heterocycles. The van der Waals surface area contributed by atoms with Crippen LogP contribution in [0.5, 0.6) is 11.5 Å². The number of rotatable bonds is 2. The lowest BCUT2D eigenvalue weighted by molar-refractivity contribution is 0.418. The minimum atomic E-state index is -0.0667. The summed E-state index contributed by atoms with van der Waals surface area (Å²) in [5.74, 6) is 1.16. The van der Waals surface area contributed by atoms with E-state index in [-0.39, 0.29) is 5.43 Å². The number of methoxy groups -OCH3 is 2. The molecule has 0 fully saturated rings. The van der Waals surface area contributed by atoms with Gasteiger partial charge in [0.15, 0.2) is 0 Å². The lowest BCUT2D eigenvalue weighted by Crippen LogP contribution is -2.11. The molecule has 0 saturated heterocycles. The van der Waals surface area contributed by atoms with Crippen molar-refractivity contribution in [3.63, 3.8) is 0 Å². The van der Waals surface area contributed by atoms with Gasteiger partial charge < -0.3 is 14.0 Å². The molecule has 102 valence electrons. The summed E-state index contributed by atoms with van der Waals surface area (Å²) in [6.07, 6.45) is 0. The first-order chi connectivity index (χ1) is 9.69. The molecular formula is C16H15NO3. The van der Waals surface area contributed by atoms with Crippen LogP contribution in [0.4, 0.5) is 0 Å². The van der Waals surface area contributed by atoms with E-state index in [0.717, 1.165) is 11.0 Å². The van der Waals surface area contributed by atoms with Gasteiger partial charge in [-0.1, -0.05) is 12.1 Å². The Morgan fingerprint density at radius 2 is 1.30 bits per heavy atom. The highest BCUT2D eigenvalue weighted by Gasteiger charge is 2.15. The predicted octanol–water partition coefficient (Wildman–Crippen LogP) is 2.71. The number of hydrogen-bond acceptors (Lipinski definition) is 3. The van der Waals surface area contributed by atoms with Crippen molar-refractivity contribution in [3.8, 4) is 11.5 Å². The van der Waals surface area contributed by atoms with Crippen LogP contribution in [-0.4, -0.2) is 18.8 Å². The molecule has 0 unspecified atom stereocenters. The quantitative estimate of drug-likeness (QED) is 0.672. The summed E-state index contributed by atoms with van der Waals surface area (Å²) >= 11 is 0. The van der Waals surface area contributed by atoms with Crippen LogP contribution in [0.3, 0.4) is 0 Å². The van der Waals surface area contributed by atoms with E-state index in [1.54, 1.807) is 26.4 Å². The molecule has 1 heterocycles. The minimum absolute atomic E-state index is 0.0667. The van der Waals surface area contributed by atoms with Crippen molar-refractivity contribution in [1.29, 1.82) is 0 Å². The Morgan fingerprint density at radius 1 is 0.850 bits per heavy atom. The molecular weight excluding hydrogens is 254 g/mol. The third-order valence-corrected chi connectivity index (χ3v) is 3.63. The molecule has 0 atom stereocenters. The van der Waals surface area contributed by atoms with Crippen molar-refractivity contribution in [2.45, 2.75) is 0 Å². The van der Waals surface area contributed by atoms with Crippen molar-refractivity contribution >= 4 is 21.8 Å². The van der Waals surface area contributed by atoms with Crippen molar-refractivity contribution in [1.82, 2.24) is 4.57 Å². The number of fused-ring (bicyclic) bond motifs is 2. The van der Waals surface area contributed by atoms with Crippen molar-refractivity contribution in [3.05, 3.63) is 46.6 Å². The zero-order valence-corrected chi connectivity index (χ0v) is 11.6. The molecule has 0 aliphatic rings. The van der Waals surface area contributed by atoms with E-state index in [2.05, 4.69) is 0 Å². The van der Waals surface area contributed by atoms with E-state index in [4.69, 9.17) is 9.47 Å². The highest BCUT2D eigenvalue weighted by atomic mass is 16.5. The number of benzene rings is 2. The average molecular weight is 269 g/mol. The molecule has 0 aliphatic heterocycles. The van der Waals surface area contributed by atoms with Gasteiger partial charge in [-0.25, -0.2) is 0 Å². The average Bonchev–Trinajstić information content (AvgIpc) is 2.50. The van der Waals surface area contributed by atoms with Crippen LogP contribution in [0.25, 0.3) is 21.8 Å². The fraction of sp³-hybridized carbons (Fsp3) is 0.188. The van der Waals surface area contributed by atoms with Crippen molar-refractivity contribution in [2.75, 3.05) is 14.2 Å². The number of aromatic nitrogens is 1. The van der Waals surface area contributed by atoms with E-state index in [1.807, 2.05) is 35.9 Å². The molecule has 4 nitrogen and oxygen atoms in total. The summed E-state index contributed by atoms with van der Waals surface area (Å²) in [5, 5.41) is 1.16. The standard InChI is InChI=1S/C16H15NO3/c1-17-10-6-4-8-12(19-2)14(10)16(18)15-11(17)7-5-9-13(15)20-3/h4-9H,1-3H3. The Hall–Kier alpha value is -2.49. The van der Waals surface area contributed by atoms with E-state index >= 15 is 0 Å². The lowest BCUT2D eigenvalue weighted by atomic mass is 10.1. The summed E-state index contributed by atoms with van der Waals surface area (Å²) in [6, 6.07) is 11.2. The van der Waals surface area contributed by atoms with Gasteiger partial charge in [-0.05, 0) is 24.3 Å².